The molecule has 3 aliphatic heterocycles. The van der Waals surface area contributed by atoms with E-state index < -0.39 is 124 Å². The van der Waals surface area contributed by atoms with E-state index in [1.165, 1.54) is 167 Å². The summed E-state index contributed by atoms with van der Waals surface area (Å²) in [5.41, 5.74) is 0. The van der Waals surface area contributed by atoms with E-state index in [0.717, 1.165) is 103 Å². The molecular weight excluding hydrogens is 1380 g/mol. The van der Waals surface area contributed by atoms with Gasteiger partial charge in [-0.25, -0.2) is 0 Å². The summed E-state index contributed by atoms with van der Waals surface area (Å²) < 4.78 is 34.5. The zero-order chi connectivity index (χ0) is 78.8. The molecule has 3 rings (SSSR count). The minimum Gasteiger partial charge on any atom is -0.394 e. The van der Waals surface area contributed by atoms with Gasteiger partial charge < -0.3 is 89.9 Å². The van der Waals surface area contributed by atoms with Gasteiger partial charge in [0.1, 0.15) is 73.2 Å². The van der Waals surface area contributed by atoms with Gasteiger partial charge in [-0.3, -0.25) is 4.79 Å². The van der Waals surface area contributed by atoms with Crippen LogP contribution in [0, 0.1) is 0 Å². The lowest BCUT2D eigenvalue weighted by molar-refractivity contribution is -0.379. The van der Waals surface area contributed by atoms with Gasteiger partial charge in [-0.15, -0.1) is 0 Å². The highest BCUT2D eigenvalue weighted by Crippen LogP contribution is 2.33. The number of hydrogen-bond donors (Lipinski definition) is 12. The van der Waals surface area contributed by atoms with E-state index in [1.54, 1.807) is 6.08 Å². The SMILES string of the molecule is CC/C=C\C/C=C\C/C=C\C/C=C\C/C=C\C/C=C\C/C=C\C/C=C\C/C=C\C/C=C\CCCCC(=O)NC(COC1OC(CO)C(OC2OC(CO)C(OC3OC(CO)C(O)C(O)C3O)C(O)C2O)C(O)C1O)C(O)/C=C/CCCCCCCCCCCCCCCCCCCCCCCCCCCCCCC. The monoisotopic (exact) mass is 1540 g/mol. The summed E-state index contributed by atoms with van der Waals surface area (Å²) in [4.78, 5) is 13.5. The summed E-state index contributed by atoms with van der Waals surface area (Å²) in [5.74, 6) is -0.320. The highest BCUT2D eigenvalue weighted by molar-refractivity contribution is 5.76. The molecule has 0 aliphatic carbocycles. The van der Waals surface area contributed by atoms with Gasteiger partial charge >= 0.3 is 0 Å². The molecule has 3 saturated heterocycles. The minimum atomic E-state index is -1.99. The van der Waals surface area contributed by atoms with Crippen LogP contribution in [0.4, 0.5) is 0 Å². The number of nitrogens with one attached hydrogen (secondary N) is 1. The van der Waals surface area contributed by atoms with E-state index >= 15 is 0 Å². The van der Waals surface area contributed by atoms with Crippen LogP contribution >= 0.6 is 0 Å². The van der Waals surface area contributed by atoms with Gasteiger partial charge in [-0.1, -0.05) is 327 Å². The van der Waals surface area contributed by atoms with Gasteiger partial charge in [-0.05, 0) is 96.3 Å². The Balaban J connectivity index is 1.38. The van der Waals surface area contributed by atoms with Gasteiger partial charge in [0, 0.05) is 6.42 Å². The largest absolute Gasteiger partial charge is 0.394 e. The van der Waals surface area contributed by atoms with Crippen LogP contribution in [-0.4, -0.2) is 193 Å². The van der Waals surface area contributed by atoms with E-state index in [4.69, 9.17) is 28.4 Å². The van der Waals surface area contributed by atoms with Crippen molar-refractivity contribution in [2.45, 2.75) is 401 Å². The highest BCUT2D eigenvalue weighted by atomic mass is 16.8. The molecule has 0 aromatic carbocycles. The second-order valence-corrected chi connectivity index (χ2v) is 29.9. The van der Waals surface area contributed by atoms with Crippen molar-refractivity contribution in [2.24, 2.45) is 0 Å². The summed E-state index contributed by atoms with van der Waals surface area (Å²) in [6.07, 6.45) is 71.6. The average molecular weight is 1540 g/mol. The molecule has 12 N–H and O–H groups in total. The molecule has 1 amide bonds. The molecule has 3 fully saturated rings. The van der Waals surface area contributed by atoms with Crippen molar-refractivity contribution in [3.05, 3.63) is 134 Å². The summed E-state index contributed by atoms with van der Waals surface area (Å²) in [7, 11) is 0. The summed E-state index contributed by atoms with van der Waals surface area (Å²) >= 11 is 0. The molecule has 0 radical (unpaired) electrons. The first-order valence-corrected chi connectivity index (χ1v) is 42.9. The summed E-state index contributed by atoms with van der Waals surface area (Å²) in [5, 5.41) is 121. The number of hydrogen-bond acceptors (Lipinski definition) is 18. The molecule has 19 nitrogen and oxygen atoms in total. The second-order valence-electron chi connectivity index (χ2n) is 29.9. The zero-order valence-corrected chi connectivity index (χ0v) is 67.2. The molecule has 3 heterocycles. The number of carbonyl (C=O) groups is 1. The van der Waals surface area contributed by atoms with Crippen LogP contribution < -0.4 is 5.32 Å². The summed E-state index contributed by atoms with van der Waals surface area (Å²) in [6, 6.07) is -1.01. The molecule has 19 heteroatoms. The van der Waals surface area contributed by atoms with Crippen LogP contribution in [0.2, 0.25) is 0 Å². The topological polar surface area (TPSA) is 307 Å². The number of allylic oxidation sites excluding steroid dienone is 21. The fourth-order valence-corrected chi connectivity index (χ4v) is 13.6. The number of ether oxygens (including phenoxy) is 6. The lowest BCUT2D eigenvalue weighted by Gasteiger charge is -2.48. The third-order valence-corrected chi connectivity index (χ3v) is 20.5. The second kappa shape index (κ2) is 68.3. The van der Waals surface area contributed by atoms with E-state index in [9.17, 15) is 61.0 Å². The fraction of sp³-hybridized carbons (Fsp3) is 0.744. The highest BCUT2D eigenvalue weighted by Gasteiger charge is 2.54. The number of amides is 1. The zero-order valence-electron chi connectivity index (χ0n) is 67.2. The van der Waals surface area contributed by atoms with Crippen molar-refractivity contribution in [1.29, 1.82) is 0 Å². The van der Waals surface area contributed by atoms with Crippen molar-refractivity contribution in [3.8, 4) is 0 Å². The molecule has 0 spiro atoms. The van der Waals surface area contributed by atoms with Crippen LogP contribution in [0.25, 0.3) is 0 Å². The maximum absolute atomic E-state index is 13.5. The lowest BCUT2D eigenvalue weighted by Crippen LogP contribution is -2.66. The minimum absolute atomic E-state index is 0.179. The third-order valence-electron chi connectivity index (χ3n) is 20.5. The Hall–Kier alpha value is -4.07. The van der Waals surface area contributed by atoms with Crippen molar-refractivity contribution in [1.82, 2.24) is 5.32 Å². The Morgan fingerprint density at radius 3 is 0.991 bits per heavy atom. The molecular formula is C90H153NO18. The van der Waals surface area contributed by atoms with Crippen molar-refractivity contribution in [2.75, 3.05) is 26.4 Å². The van der Waals surface area contributed by atoms with Crippen molar-refractivity contribution >= 4 is 5.91 Å². The molecule has 0 bridgehead atoms. The van der Waals surface area contributed by atoms with Gasteiger partial charge in [0.05, 0.1) is 38.6 Å². The van der Waals surface area contributed by atoms with E-state index in [-0.39, 0.29) is 18.9 Å². The predicted octanol–water partition coefficient (Wildman–Crippen LogP) is 15.6. The van der Waals surface area contributed by atoms with Crippen molar-refractivity contribution < 1.29 is 89.4 Å². The van der Waals surface area contributed by atoms with Gasteiger partial charge in [0.2, 0.25) is 5.91 Å². The number of aliphatic hydroxyl groups excluding tert-OH is 11. The summed E-state index contributed by atoms with van der Waals surface area (Å²) in [6.45, 7) is 1.61. The first-order chi connectivity index (χ1) is 53.3. The van der Waals surface area contributed by atoms with E-state index in [0.29, 0.717) is 6.42 Å². The predicted molar refractivity (Wildman–Crippen MR) is 438 cm³/mol. The third kappa shape index (κ3) is 47.4. The first-order valence-electron chi connectivity index (χ1n) is 42.9. The van der Waals surface area contributed by atoms with Crippen LogP contribution in [0.1, 0.15) is 296 Å². The molecule has 17 unspecified atom stereocenters. The molecule has 3 aliphatic rings. The lowest BCUT2D eigenvalue weighted by atomic mass is 9.96. The van der Waals surface area contributed by atoms with Crippen LogP contribution in [0.3, 0.4) is 0 Å². The van der Waals surface area contributed by atoms with Crippen LogP contribution in [-0.2, 0) is 33.2 Å². The number of aliphatic hydroxyl groups is 11. The quantitative estimate of drug-likeness (QED) is 0.0199. The number of unbranched alkanes of at least 4 members (excludes halogenated alkanes) is 31. The van der Waals surface area contributed by atoms with Crippen molar-refractivity contribution in [3.63, 3.8) is 0 Å². The van der Waals surface area contributed by atoms with Gasteiger partial charge in [0.25, 0.3) is 0 Å². The Morgan fingerprint density at radius 2 is 0.633 bits per heavy atom. The fourth-order valence-electron chi connectivity index (χ4n) is 13.6. The molecule has 0 aromatic rings. The molecule has 0 aromatic heterocycles. The number of rotatable bonds is 67. The first kappa shape index (κ1) is 99.1. The maximum Gasteiger partial charge on any atom is 0.220 e. The Bertz CT molecular complexity index is 2490. The Morgan fingerprint density at radius 1 is 0.339 bits per heavy atom. The van der Waals surface area contributed by atoms with Crippen LogP contribution in [0.15, 0.2) is 134 Å². The number of carbonyl (C=O) groups excluding carboxylic acids is 1. The molecule has 17 atom stereocenters. The van der Waals surface area contributed by atoms with E-state index in [1.807, 2.05) is 6.08 Å². The van der Waals surface area contributed by atoms with E-state index in [2.05, 4.69) is 141 Å². The maximum atomic E-state index is 13.5. The Labute approximate surface area is 658 Å². The molecule has 0 saturated carbocycles. The standard InChI is InChI=1S/C90H153NO18/c1-3-5-7-9-11-13-15-17-19-21-23-25-27-29-31-33-35-36-38-40-42-44-46-48-50-52-54-56-58-60-62-64-66-68-78(96)91-73(74(95)67-65-63-61-59-57-55-53-51-49-47-45-43-41-39-37-34-32-30-28-26-24-22-20-18-16-14-12-10-8-6-4-2)72-104-88-84(102)81(99)86(76(70-93)106-88)109-90-85(103)82(100)87(77(71-94)107-90)108-89-83(101)80(98)79(97)75(69-92)105-89/h5,7,11,13,17,19,23,25,29,31,35-36,40,42,46,48,52,54,58,60,65,67,73-77,79-90,92-95,97-103H,3-4,6,8-10,12,14-16,18,20-22,24,26-28,30,32-34,37-39,41,43-45,47,49-51,53,55-57,59,61-64,66,68-72H2,1-2H3,(H,91,96)/b7-5-,13-11-,19-17-,25-23-,31-29-,36-35-,42-40-,48-46-,54-52-,60-58-,67-65+. The molecule has 626 valence electrons. The molecule has 109 heavy (non-hydrogen) atoms. The normalized spacial score (nSPS) is 26.0. The van der Waals surface area contributed by atoms with Crippen LogP contribution in [0.5, 0.6) is 0 Å². The average Bonchev–Trinajstić information content (AvgIpc) is 0.782. The Kier molecular flexibility index (Phi) is 62.2. The van der Waals surface area contributed by atoms with Gasteiger partial charge in [-0.2, -0.15) is 0 Å². The smallest absolute Gasteiger partial charge is 0.220 e. The van der Waals surface area contributed by atoms with Gasteiger partial charge in [0.15, 0.2) is 18.9 Å².